The van der Waals surface area contributed by atoms with Gasteiger partial charge in [0.15, 0.2) is 5.78 Å². The Morgan fingerprint density at radius 1 is 1.20 bits per heavy atom. The van der Waals surface area contributed by atoms with Crippen LogP contribution < -0.4 is 0 Å². The molecule has 0 saturated heterocycles. The minimum Gasteiger partial charge on any atom is -0.360 e. The van der Waals surface area contributed by atoms with Gasteiger partial charge in [-0.05, 0) is 46.7 Å². The van der Waals surface area contributed by atoms with E-state index < -0.39 is 0 Å². The van der Waals surface area contributed by atoms with Gasteiger partial charge in [0.2, 0.25) is 0 Å². The van der Waals surface area contributed by atoms with Crippen LogP contribution in [0.25, 0.3) is 10.9 Å². The van der Waals surface area contributed by atoms with Crippen LogP contribution in [-0.2, 0) is 6.42 Å². The average molecular weight is 375 g/mol. The normalized spacial score (nSPS) is 10.9. The van der Waals surface area contributed by atoms with E-state index in [4.69, 9.17) is 0 Å². The number of hydrogen-bond donors (Lipinski definition) is 1. The number of nitrogens with one attached hydrogen (secondary N) is 1. The van der Waals surface area contributed by atoms with E-state index in [-0.39, 0.29) is 5.78 Å². The zero-order valence-corrected chi connectivity index (χ0v) is 13.3. The summed E-state index contributed by atoms with van der Waals surface area (Å²) in [6, 6.07) is 13.8. The first-order chi connectivity index (χ1) is 9.70. The Kier molecular flexibility index (Phi) is 3.61. The van der Waals surface area contributed by atoms with Crippen molar-refractivity contribution >= 4 is 39.3 Å². The number of hydrogen-bond acceptors (Lipinski definition) is 1. The van der Waals surface area contributed by atoms with Gasteiger partial charge in [0.1, 0.15) is 0 Å². The Morgan fingerprint density at radius 2 is 2.00 bits per heavy atom. The zero-order chi connectivity index (χ0) is 14.1. The molecule has 0 aliphatic rings. The van der Waals surface area contributed by atoms with E-state index in [0.29, 0.717) is 0 Å². The smallest absolute Gasteiger partial charge is 0.195 e. The topological polar surface area (TPSA) is 32.9 Å². The van der Waals surface area contributed by atoms with Crippen LogP contribution in [0.2, 0.25) is 0 Å². The molecule has 0 unspecified atom stereocenters. The molecule has 3 aromatic rings. The van der Waals surface area contributed by atoms with Gasteiger partial charge < -0.3 is 4.98 Å². The highest BCUT2D eigenvalue weighted by atomic mass is 127. The van der Waals surface area contributed by atoms with Gasteiger partial charge in [0, 0.05) is 31.8 Å². The van der Waals surface area contributed by atoms with E-state index in [0.717, 1.165) is 32.0 Å². The summed E-state index contributed by atoms with van der Waals surface area (Å²) in [7, 11) is 0. The molecule has 100 valence electrons. The van der Waals surface area contributed by atoms with Gasteiger partial charge in [-0.15, -0.1) is 0 Å². The number of carbonyl (C=O) groups is 1. The van der Waals surface area contributed by atoms with Gasteiger partial charge >= 0.3 is 0 Å². The Labute approximate surface area is 131 Å². The van der Waals surface area contributed by atoms with E-state index in [1.165, 1.54) is 5.56 Å². The van der Waals surface area contributed by atoms with Crippen molar-refractivity contribution < 1.29 is 4.79 Å². The molecule has 0 aliphatic carbocycles. The number of para-hydroxylation sites is 1. The van der Waals surface area contributed by atoms with Crippen LogP contribution in [0.1, 0.15) is 28.4 Å². The van der Waals surface area contributed by atoms with Gasteiger partial charge in [-0.1, -0.05) is 37.3 Å². The van der Waals surface area contributed by atoms with Crippen molar-refractivity contribution in [2.75, 3.05) is 0 Å². The number of fused-ring (bicyclic) bond motifs is 1. The third-order valence-corrected chi connectivity index (χ3v) is 4.19. The van der Waals surface area contributed by atoms with Gasteiger partial charge in [0.25, 0.3) is 0 Å². The third kappa shape index (κ3) is 2.26. The molecule has 0 fully saturated rings. The number of rotatable bonds is 3. The van der Waals surface area contributed by atoms with Gasteiger partial charge in [-0.25, -0.2) is 0 Å². The van der Waals surface area contributed by atoms with Crippen molar-refractivity contribution in [1.29, 1.82) is 0 Å². The van der Waals surface area contributed by atoms with Crippen molar-refractivity contribution in [2.24, 2.45) is 0 Å². The summed E-state index contributed by atoms with van der Waals surface area (Å²) in [6.07, 6.45) is 2.78. The van der Waals surface area contributed by atoms with E-state index in [1.54, 1.807) is 0 Å². The quantitative estimate of drug-likeness (QED) is 0.528. The number of aromatic nitrogens is 1. The monoisotopic (exact) mass is 375 g/mol. The highest BCUT2D eigenvalue weighted by Crippen LogP contribution is 2.24. The molecule has 1 heterocycles. The third-order valence-electron chi connectivity index (χ3n) is 3.51. The molecule has 20 heavy (non-hydrogen) atoms. The largest absolute Gasteiger partial charge is 0.360 e. The summed E-state index contributed by atoms with van der Waals surface area (Å²) < 4.78 is 1.07. The second-order valence-corrected chi connectivity index (χ2v) is 5.98. The molecule has 0 radical (unpaired) electrons. The molecule has 0 saturated carbocycles. The van der Waals surface area contributed by atoms with Crippen molar-refractivity contribution in [3.63, 3.8) is 0 Å². The van der Waals surface area contributed by atoms with Crippen LogP contribution in [0, 0.1) is 3.57 Å². The Balaban J connectivity index is 2.13. The second-order valence-electron chi connectivity index (χ2n) is 4.74. The van der Waals surface area contributed by atoms with Crippen LogP contribution in [0.5, 0.6) is 0 Å². The lowest BCUT2D eigenvalue weighted by Gasteiger charge is -2.02. The maximum absolute atomic E-state index is 12.6. The van der Waals surface area contributed by atoms with E-state index in [2.05, 4.69) is 40.6 Å². The Bertz CT molecular complexity index is 789. The van der Waals surface area contributed by atoms with Crippen molar-refractivity contribution in [2.45, 2.75) is 13.3 Å². The number of aromatic amines is 1. The standard InChI is InChI=1S/C17H14INO/c1-2-11-5-4-8-14-15(10-19-16(11)14)17(20)12-6-3-7-13(18)9-12/h3-10,19H,2H2,1H3. The maximum atomic E-state index is 12.6. The average Bonchev–Trinajstić information content (AvgIpc) is 2.90. The highest BCUT2D eigenvalue weighted by Gasteiger charge is 2.15. The molecule has 1 aromatic heterocycles. The fourth-order valence-corrected chi connectivity index (χ4v) is 3.03. The lowest BCUT2D eigenvalue weighted by Crippen LogP contribution is -2.00. The molecule has 2 nitrogen and oxygen atoms in total. The number of aryl methyl sites for hydroxylation is 1. The molecular weight excluding hydrogens is 361 g/mol. The number of ketones is 1. The van der Waals surface area contributed by atoms with Gasteiger partial charge in [0.05, 0.1) is 0 Å². The zero-order valence-electron chi connectivity index (χ0n) is 11.1. The Hall–Kier alpha value is -1.62. The molecule has 1 N–H and O–H groups in total. The number of benzene rings is 2. The van der Waals surface area contributed by atoms with Crippen LogP contribution in [0.3, 0.4) is 0 Å². The fraction of sp³-hybridized carbons (Fsp3) is 0.118. The molecular formula is C17H14INO. The van der Waals surface area contributed by atoms with Crippen molar-refractivity contribution in [3.05, 3.63) is 68.9 Å². The number of H-pyrrole nitrogens is 1. The van der Waals surface area contributed by atoms with Crippen LogP contribution in [-0.4, -0.2) is 10.8 Å². The Morgan fingerprint density at radius 3 is 2.75 bits per heavy atom. The lowest BCUT2D eigenvalue weighted by molar-refractivity contribution is 0.104. The van der Waals surface area contributed by atoms with Crippen molar-refractivity contribution in [1.82, 2.24) is 4.98 Å². The minimum absolute atomic E-state index is 0.0722. The molecule has 2 aromatic carbocycles. The number of halogens is 1. The highest BCUT2D eigenvalue weighted by molar-refractivity contribution is 14.1. The molecule has 3 rings (SSSR count). The van der Waals surface area contributed by atoms with Gasteiger partial charge in [-0.3, -0.25) is 4.79 Å². The molecule has 0 aliphatic heterocycles. The summed E-state index contributed by atoms with van der Waals surface area (Å²) in [5.74, 6) is 0.0722. The SMILES string of the molecule is CCc1cccc2c(C(=O)c3cccc(I)c3)c[nH]c12. The predicted octanol–water partition coefficient (Wildman–Crippen LogP) is 4.57. The number of carbonyl (C=O) groups excluding carboxylic acids is 1. The maximum Gasteiger partial charge on any atom is 0.195 e. The van der Waals surface area contributed by atoms with Crippen molar-refractivity contribution in [3.8, 4) is 0 Å². The van der Waals surface area contributed by atoms with E-state index in [9.17, 15) is 4.79 Å². The first-order valence-corrected chi connectivity index (χ1v) is 7.68. The lowest BCUT2D eigenvalue weighted by atomic mass is 10.0. The fourth-order valence-electron chi connectivity index (χ4n) is 2.48. The van der Waals surface area contributed by atoms with Crippen LogP contribution in [0.15, 0.2) is 48.7 Å². The molecule has 0 atom stereocenters. The first kappa shape index (κ1) is 13.4. The predicted molar refractivity (Wildman–Crippen MR) is 90.3 cm³/mol. The summed E-state index contributed by atoms with van der Waals surface area (Å²) >= 11 is 2.23. The van der Waals surface area contributed by atoms with Crippen LogP contribution >= 0.6 is 22.6 Å². The summed E-state index contributed by atoms with van der Waals surface area (Å²) in [5, 5.41) is 1.01. The first-order valence-electron chi connectivity index (χ1n) is 6.60. The molecule has 0 spiro atoms. The minimum atomic E-state index is 0.0722. The summed E-state index contributed by atoms with van der Waals surface area (Å²) in [5.41, 5.74) is 3.80. The second kappa shape index (κ2) is 5.40. The van der Waals surface area contributed by atoms with E-state index >= 15 is 0 Å². The summed E-state index contributed by atoms with van der Waals surface area (Å²) in [4.78, 5) is 15.9. The summed E-state index contributed by atoms with van der Waals surface area (Å²) in [6.45, 7) is 2.12. The van der Waals surface area contributed by atoms with E-state index in [1.807, 2.05) is 42.6 Å². The molecule has 0 bridgehead atoms. The van der Waals surface area contributed by atoms with Crippen LogP contribution in [0.4, 0.5) is 0 Å². The molecule has 3 heteroatoms. The molecule has 0 amide bonds. The van der Waals surface area contributed by atoms with Gasteiger partial charge in [-0.2, -0.15) is 0 Å².